The molecule has 0 atom stereocenters. The number of aromatic nitrogens is 2. The first-order valence-electron chi connectivity index (χ1n) is 4.57. The summed E-state index contributed by atoms with van der Waals surface area (Å²) < 4.78 is 0.312. The van der Waals surface area contributed by atoms with Gasteiger partial charge in [-0.15, -0.1) is 0 Å². The molecule has 17 heavy (non-hydrogen) atoms. The fourth-order valence-electron chi connectivity index (χ4n) is 1.29. The Hall–Kier alpha value is -2.02. The number of rotatable bonds is 2. The van der Waals surface area contributed by atoms with E-state index >= 15 is 0 Å². The molecule has 0 aliphatic rings. The first-order valence-corrected chi connectivity index (χ1v) is 5.37. The molecule has 1 aromatic heterocycles. The average Bonchev–Trinajstić information content (AvgIpc) is 2.33. The van der Waals surface area contributed by atoms with E-state index < -0.39 is 4.92 Å². The van der Waals surface area contributed by atoms with Crippen molar-refractivity contribution in [2.24, 2.45) is 0 Å². The average molecular weight is 296 g/mol. The Labute approximate surface area is 104 Å². The monoisotopic (exact) mass is 295 g/mol. The van der Waals surface area contributed by atoms with Crippen LogP contribution in [0.15, 0.2) is 39.7 Å². The number of benzene rings is 1. The second-order valence-corrected chi connectivity index (χ2v) is 4.07. The number of nitrogens with one attached hydrogen (secondary N) is 1. The van der Waals surface area contributed by atoms with E-state index in [1.54, 1.807) is 6.07 Å². The number of nitro groups is 1. The molecule has 0 aliphatic heterocycles. The van der Waals surface area contributed by atoms with Crippen LogP contribution >= 0.6 is 15.9 Å². The summed E-state index contributed by atoms with van der Waals surface area (Å²) in [7, 11) is 0. The standard InChI is InChI=1S/C10H6BrN3O3/c11-8-5-12-9(13-10(8)15)6-2-1-3-7(4-6)14(16)17/h1-5H,(H,12,13,15). The maximum atomic E-state index is 11.4. The number of non-ortho nitro benzene ring substituents is 1. The third kappa shape index (κ3) is 2.39. The molecular formula is C10H6BrN3O3. The second-order valence-electron chi connectivity index (χ2n) is 3.22. The van der Waals surface area contributed by atoms with Gasteiger partial charge in [0, 0.05) is 23.9 Å². The van der Waals surface area contributed by atoms with Gasteiger partial charge in [0.1, 0.15) is 10.3 Å². The molecule has 0 bridgehead atoms. The largest absolute Gasteiger partial charge is 0.306 e. The molecule has 0 fully saturated rings. The fraction of sp³-hybridized carbons (Fsp3) is 0. The van der Waals surface area contributed by atoms with E-state index in [4.69, 9.17) is 0 Å². The van der Waals surface area contributed by atoms with Gasteiger partial charge in [-0.1, -0.05) is 12.1 Å². The van der Waals surface area contributed by atoms with Crippen LogP contribution in [-0.2, 0) is 0 Å². The quantitative estimate of drug-likeness (QED) is 0.679. The highest BCUT2D eigenvalue weighted by Gasteiger charge is 2.08. The molecule has 0 spiro atoms. The Bertz CT molecular complexity index is 639. The highest BCUT2D eigenvalue weighted by molar-refractivity contribution is 9.10. The van der Waals surface area contributed by atoms with Gasteiger partial charge in [0.15, 0.2) is 0 Å². The van der Waals surface area contributed by atoms with Gasteiger partial charge < -0.3 is 4.98 Å². The molecule has 2 rings (SSSR count). The van der Waals surface area contributed by atoms with Crippen molar-refractivity contribution >= 4 is 21.6 Å². The molecule has 0 amide bonds. The van der Waals surface area contributed by atoms with Crippen molar-refractivity contribution < 1.29 is 4.92 Å². The van der Waals surface area contributed by atoms with Gasteiger partial charge >= 0.3 is 0 Å². The molecule has 6 nitrogen and oxygen atoms in total. The molecule has 0 saturated carbocycles. The van der Waals surface area contributed by atoms with Gasteiger partial charge in [-0.25, -0.2) is 4.98 Å². The number of hydrogen-bond acceptors (Lipinski definition) is 4. The second kappa shape index (κ2) is 4.46. The van der Waals surface area contributed by atoms with Crippen LogP contribution in [0.25, 0.3) is 11.4 Å². The number of nitrogens with zero attached hydrogens (tertiary/aromatic N) is 2. The minimum absolute atomic E-state index is 0.0481. The predicted molar refractivity (Wildman–Crippen MR) is 64.6 cm³/mol. The minimum atomic E-state index is -0.500. The number of halogens is 1. The van der Waals surface area contributed by atoms with E-state index in [0.717, 1.165) is 0 Å². The maximum Gasteiger partial charge on any atom is 0.270 e. The summed E-state index contributed by atoms with van der Waals surface area (Å²) in [5, 5.41) is 10.6. The van der Waals surface area contributed by atoms with Crippen molar-refractivity contribution in [2.45, 2.75) is 0 Å². The summed E-state index contributed by atoms with van der Waals surface area (Å²) in [4.78, 5) is 28.0. The lowest BCUT2D eigenvalue weighted by Gasteiger charge is -2.00. The molecule has 2 aromatic rings. The number of nitro benzene ring substituents is 1. The van der Waals surface area contributed by atoms with Gasteiger partial charge in [-0.3, -0.25) is 14.9 Å². The zero-order valence-corrected chi connectivity index (χ0v) is 9.97. The van der Waals surface area contributed by atoms with E-state index in [9.17, 15) is 14.9 Å². The molecule has 7 heteroatoms. The zero-order valence-electron chi connectivity index (χ0n) is 8.38. The summed E-state index contributed by atoms with van der Waals surface area (Å²) in [6.07, 6.45) is 1.35. The van der Waals surface area contributed by atoms with E-state index in [1.165, 1.54) is 24.4 Å². The molecule has 1 N–H and O–H groups in total. The Balaban J connectivity index is 2.53. The van der Waals surface area contributed by atoms with Crippen LogP contribution in [0, 0.1) is 10.1 Å². The van der Waals surface area contributed by atoms with Gasteiger partial charge in [0.05, 0.1) is 4.92 Å². The highest BCUT2D eigenvalue weighted by Crippen LogP contribution is 2.20. The summed E-state index contributed by atoms with van der Waals surface area (Å²) in [5.41, 5.74) is 0.110. The van der Waals surface area contributed by atoms with Crippen LogP contribution in [-0.4, -0.2) is 14.9 Å². The Morgan fingerprint density at radius 2 is 2.18 bits per heavy atom. The summed E-state index contributed by atoms with van der Waals surface area (Å²) in [6, 6.07) is 5.90. The van der Waals surface area contributed by atoms with Crippen LogP contribution in [0.4, 0.5) is 5.69 Å². The molecule has 1 aromatic carbocycles. The van der Waals surface area contributed by atoms with Gasteiger partial charge in [0.25, 0.3) is 11.2 Å². The number of aromatic amines is 1. The third-order valence-corrected chi connectivity index (χ3v) is 2.65. The van der Waals surface area contributed by atoms with E-state index in [2.05, 4.69) is 25.9 Å². The van der Waals surface area contributed by atoms with Crippen molar-refractivity contribution in [2.75, 3.05) is 0 Å². The topological polar surface area (TPSA) is 88.9 Å². The van der Waals surface area contributed by atoms with Crippen molar-refractivity contribution in [1.82, 2.24) is 9.97 Å². The molecule has 86 valence electrons. The molecular weight excluding hydrogens is 290 g/mol. The molecule has 0 aliphatic carbocycles. The highest BCUT2D eigenvalue weighted by atomic mass is 79.9. The van der Waals surface area contributed by atoms with Crippen LogP contribution < -0.4 is 5.56 Å². The maximum absolute atomic E-state index is 11.4. The van der Waals surface area contributed by atoms with Gasteiger partial charge in [-0.05, 0) is 15.9 Å². The first-order chi connectivity index (χ1) is 8.08. The molecule has 1 heterocycles. The lowest BCUT2D eigenvalue weighted by Crippen LogP contribution is -2.08. The fourth-order valence-corrected chi connectivity index (χ4v) is 1.49. The SMILES string of the molecule is O=c1[nH]c(-c2cccc([N+](=O)[O-])c2)ncc1Br. The minimum Gasteiger partial charge on any atom is -0.306 e. The Morgan fingerprint density at radius 3 is 2.82 bits per heavy atom. The molecule has 0 radical (unpaired) electrons. The van der Waals surface area contributed by atoms with Crippen LogP contribution in [0.2, 0.25) is 0 Å². The van der Waals surface area contributed by atoms with Gasteiger partial charge in [-0.2, -0.15) is 0 Å². The third-order valence-electron chi connectivity index (χ3n) is 2.09. The lowest BCUT2D eigenvalue weighted by molar-refractivity contribution is -0.384. The van der Waals surface area contributed by atoms with Gasteiger partial charge in [0.2, 0.25) is 0 Å². The predicted octanol–water partition coefficient (Wildman–Crippen LogP) is 2.11. The van der Waals surface area contributed by atoms with Crippen LogP contribution in [0.1, 0.15) is 0 Å². The lowest BCUT2D eigenvalue weighted by atomic mass is 10.2. The Kier molecular flexibility index (Phi) is 3.01. The normalized spacial score (nSPS) is 10.2. The van der Waals surface area contributed by atoms with Crippen molar-refractivity contribution in [3.63, 3.8) is 0 Å². The number of H-pyrrole nitrogens is 1. The van der Waals surface area contributed by atoms with Crippen LogP contribution in [0.5, 0.6) is 0 Å². The summed E-state index contributed by atoms with van der Waals surface area (Å²) >= 11 is 3.03. The first kappa shape index (κ1) is 11.5. The summed E-state index contributed by atoms with van der Waals surface area (Å²) in [5.74, 6) is 0.293. The molecule has 0 saturated heterocycles. The Morgan fingerprint density at radius 1 is 1.41 bits per heavy atom. The summed E-state index contributed by atoms with van der Waals surface area (Å²) in [6.45, 7) is 0. The number of hydrogen-bond donors (Lipinski definition) is 1. The zero-order chi connectivity index (χ0) is 12.4. The van der Waals surface area contributed by atoms with E-state index in [0.29, 0.717) is 15.9 Å². The van der Waals surface area contributed by atoms with E-state index in [-0.39, 0.29) is 11.2 Å². The van der Waals surface area contributed by atoms with E-state index in [1.807, 2.05) is 0 Å². The van der Waals surface area contributed by atoms with Crippen LogP contribution in [0.3, 0.4) is 0 Å². The van der Waals surface area contributed by atoms with Crippen molar-refractivity contribution in [1.29, 1.82) is 0 Å². The smallest absolute Gasteiger partial charge is 0.270 e. The molecule has 0 unspecified atom stereocenters. The van der Waals surface area contributed by atoms with Crippen molar-refractivity contribution in [3.8, 4) is 11.4 Å². The van der Waals surface area contributed by atoms with Crippen molar-refractivity contribution in [3.05, 3.63) is 55.4 Å².